The summed E-state index contributed by atoms with van der Waals surface area (Å²) < 4.78 is 15.6. The van der Waals surface area contributed by atoms with Crippen LogP contribution in [0.3, 0.4) is 0 Å². The molecule has 4 rings (SSSR count). The third-order valence-corrected chi connectivity index (χ3v) is 4.86. The SMILES string of the molecule is Oc1ccc(C2[OH+]c3cc(O)cc(O)c3C=C2O[C@@H]2OC[C@@H](O)C(O)C2O)cc1. The van der Waals surface area contributed by atoms with Gasteiger partial charge in [0.05, 0.1) is 18.2 Å². The fourth-order valence-corrected chi connectivity index (χ4v) is 3.30. The van der Waals surface area contributed by atoms with Gasteiger partial charge < -0.3 is 44.8 Å². The highest BCUT2D eigenvalue weighted by Gasteiger charge is 2.42. The van der Waals surface area contributed by atoms with Crippen molar-refractivity contribution in [1.29, 1.82) is 0 Å². The molecule has 0 aliphatic carbocycles. The lowest BCUT2D eigenvalue weighted by atomic mass is 10.0. The van der Waals surface area contributed by atoms with Crippen LogP contribution in [0.4, 0.5) is 0 Å². The second-order valence-electron chi connectivity index (χ2n) is 6.94. The number of rotatable bonds is 3. The zero-order chi connectivity index (χ0) is 20.7. The Bertz CT molecular complexity index is 924. The Hall–Kier alpha value is -2.98. The van der Waals surface area contributed by atoms with E-state index in [1.165, 1.54) is 24.3 Å². The van der Waals surface area contributed by atoms with Gasteiger partial charge in [0, 0.05) is 12.1 Å². The molecule has 7 N–H and O–H groups in total. The molecule has 9 heteroatoms. The van der Waals surface area contributed by atoms with E-state index in [4.69, 9.17) is 9.47 Å². The van der Waals surface area contributed by atoms with Crippen LogP contribution in [-0.2, 0) is 9.47 Å². The van der Waals surface area contributed by atoms with Crippen LogP contribution in [0.25, 0.3) is 6.08 Å². The Labute approximate surface area is 165 Å². The van der Waals surface area contributed by atoms with Crippen LogP contribution in [0.5, 0.6) is 23.0 Å². The summed E-state index contributed by atoms with van der Waals surface area (Å²) in [4.78, 5) is 0. The molecule has 0 aromatic heterocycles. The van der Waals surface area contributed by atoms with Gasteiger partial charge in [-0.1, -0.05) is 0 Å². The van der Waals surface area contributed by atoms with Crippen LogP contribution in [0.15, 0.2) is 42.2 Å². The zero-order valence-corrected chi connectivity index (χ0v) is 15.1. The van der Waals surface area contributed by atoms with E-state index in [1.807, 2.05) is 0 Å². The van der Waals surface area contributed by atoms with E-state index >= 15 is 0 Å². The molecule has 1 saturated heterocycles. The maximum absolute atomic E-state index is 10.2. The summed E-state index contributed by atoms with van der Waals surface area (Å²) in [7, 11) is 0. The molecule has 0 spiro atoms. The third kappa shape index (κ3) is 3.68. The number of phenols is 3. The van der Waals surface area contributed by atoms with E-state index in [2.05, 4.69) is 4.74 Å². The van der Waals surface area contributed by atoms with Crippen LogP contribution in [-0.4, -0.2) is 66.6 Å². The summed E-state index contributed by atoms with van der Waals surface area (Å²) >= 11 is 0. The van der Waals surface area contributed by atoms with Crippen molar-refractivity contribution in [3.8, 4) is 23.0 Å². The summed E-state index contributed by atoms with van der Waals surface area (Å²) in [6.07, 6.45) is -4.69. The molecule has 2 aromatic carbocycles. The van der Waals surface area contributed by atoms with Gasteiger partial charge in [-0.05, 0) is 24.3 Å². The minimum absolute atomic E-state index is 0.0647. The number of ether oxygens (including phenoxy) is 3. The Morgan fingerprint density at radius 3 is 2.38 bits per heavy atom. The van der Waals surface area contributed by atoms with E-state index in [1.54, 1.807) is 12.1 Å². The van der Waals surface area contributed by atoms with E-state index in [-0.39, 0.29) is 29.6 Å². The number of benzene rings is 2. The van der Waals surface area contributed by atoms with Crippen molar-refractivity contribution in [1.82, 2.24) is 0 Å². The normalized spacial score (nSPS) is 28.8. The fourth-order valence-electron chi connectivity index (χ4n) is 3.30. The predicted octanol–water partition coefficient (Wildman–Crippen LogP) is 0.596. The number of hydrogen-bond donors (Lipinski definition) is 6. The molecule has 2 aliphatic rings. The predicted molar refractivity (Wildman–Crippen MR) is 99.1 cm³/mol. The molecule has 5 atom stereocenters. The fraction of sp³-hybridized carbons (Fsp3) is 0.300. The van der Waals surface area contributed by atoms with Gasteiger partial charge in [0.1, 0.15) is 41.1 Å². The number of fused-ring (bicyclic) bond motifs is 1. The van der Waals surface area contributed by atoms with Crippen molar-refractivity contribution >= 4 is 6.08 Å². The first-order valence-corrected chi connectivity index (χ1v) is 8.93. The van der Waals surface area contributed by atoms with Crippen molar-refractivity contribution < 1.29 is 44.8 Å². The molecule has 3 unspecified atom stereocenters. The van der Waals surface area contributed by atoms with Gasteiger partial charge in [-0.3, -0.25) is 0 Å². The van der Waals surface area contributed by atoms with Crippen LogP contribution < -0.4 is 0 Å². The van der Waals surface area contributed by atoms with Gasteiger partial charge >= 0.3 is 0 Å². The first-order valence-electron chi connectivity index (χ1n) is 8.93. The first kappa shape index (κ1) is 19.3. The minimum atomic E-state index is -1.50. The molecule has 9 nitrogen and oxygen atoms in total. The summed E-state index contributed by atoms with van der Waals surface area (Å²) in [6.45, 7) is -0.229. The van der Waals surface area contributed by atoms with E-state index in [0.717, 1.165) is 6.07 Å². The zero-order valence-electron chi connectivity index (χ0n) is 15.1. The lowest BCUT2D eigenvalue weighted by Gasteiger charge is -2.36. The second kappa shape index (κ2) is 7.45. The molecule has 2 heterocycles. The lowest BCUT2D eigenvalue weighted by Crippen LogP contribution is -2.53. The van der Waals surface area contributed by atoms with E-state index in [9.17, 15) is 30.6 Å². The number of phenolic OH excluding ortho intramolecular Hbond substituents is 3. The molecular weight excluding hydrogens is 384 g/mol. The number of aliphatic hydroxyl groups is 4. The van der Waals surface area contributed by atoms with Gasteiger partial charge in [-0.25, -0.2) is 0 Å². The van der Waals surface area contributed by atoms with Crippen molar-refractivity contribution in [3.05, 3.63) is 53.3 Å². The molecule has 2 aliphatic heterocycles. The summed E-state index contributed by atoms with van der Waals surface area (Å²) in [5.74, 6) is 0.227. The quantitative estimate of drug-likeness (QED) is 0.406. The number of aliphatic hydroxyl groups excluding tert-OH is 3. The average molecular weight is 405 g/mol. The molecule has 0 saturated carbocycles. The molecule has 29 heavy (non-hydrogen) atoms. The smallest absolute Gasteiger partial charge is 0.270 e. The molecule has 1 fully saturated rings. The highest BCUT2D eigenvalue weighted by atomic mass is 16.7. The molecular formula is C20H21O9+. The van der Waals surface area contributed by atoms with Crippen LogP contribution in [0.2, 0.25) is 0 Å². The van der Waals surface area contributed by atoms with E-state index in [0.29, 0.717) is 16.9 Å². The molecule has 0 amide bonds. The van der Waals surface area contributed by atoms with Crippen LogP contribution >= 0.6 is 0 Å². The van der Waals surface area contributed by atoms with Gasteiger partial charge in [0.2, 0.25) is 6.29 Å². The highest BCUT2D eigenvalue weighted by Crippen LogP contribution is 2.45. The summed E-state index contributed by atoms with van der Waals surface area (Å²) in [6, 6.07) is 8.77. The maximum Gasteiger partial charge on any atom is 0.270 e. The van der Waals surface area contributed by atoms with Crippen LogP contribution in [0.1, 0.15) is 17.2 Å². The van der Waals surface area contributed by atoms with Crippen molar-refractivity contribution in [2.75, 3.05) is 6.61 Å². The van der Waals surface area contributed by atoms with Crippen molar-refractivity contribution in [3.63, 3.8) is 0 Å². The Kier molecular flexibility index (Phi) is 4.97. The summed E-state index contributed by atoms with van der Waals surface area (Å²) in [5.41, 5.74) is 0.937. The van der Waals surface area contributed by atoms with Gasteiger partial charge in [0.25, 0.3) is 11.9 Å². The molecule has 154 valence electrons. The highest BCUT2D eigenvalue weighted by molar-refractivity contribution is 5.69. The maximum atomic E-state index is 10.2. The lowest BCUT2D eigenvalue weighted by molar-refractivity contribution is -0.263. The Morgan fingerprint density at radius 2 is 1.66 bits per heavy atom. The monoisotopic (exact) mass is 405 g/mol. The topological polar surface area (TPSA) is 153 Å². The average Bonchev–Trinajstić information content (AvgIpc) is 2.69. The third-order valence-electron chi connectivity index (χ3n) is 4.86. The van der Waals surface area contributed by atoms with Gasteiger partial charge in [0.15, 0.2) is 5.76 Å². The van der Waals surface area contributed by atoms with Crippen molar-refractivity contribution in [2.24, 2.45) is 0 Å². The molecule has 0 radical (unpaired) electrons. The van der Waals surface area contributed by atoms with Crippen molar-refractivity contribution in [2.45, 2.75) is 30.7 Å². The Morgan fingerprint density at radius 1 is 0.931 bits per heavy atom. The Balaban J connectivity index is 1.71. The second-order valence-corrected chi connectivity index (χ2v) is 6.94. The number of hydrogen-bond acceptors (Lipinski definition) is 8. The molecule has 2 aromatic rings. The molecule has 0 bridgehead atoms. The van der Waals surface area contributed by atoms with Crippen LogP contribution in [0, 0.1) is 0 Å². The minimum Gasteiger partial charge on any atom is -0.571 e. The van der Waals surface area contributed by atoms with Gasteiger partial charge in [-0.15, -0.1) is 0 Å². The number of aromatic hydroxyl groups is 4. The summed E-state index contributed by atoms with van der Waals surface area (Å²) in [5, 5.41) is 59.2. The largest absolute Gasteiger partial charge is 0.571 e. The first-order chi connectivity index (χ1) is 13.8. The van der Waals surface area contributed by atoms with Gasteiger partial charge in [-0.2, -0.15) is 0 Å². The van der Waals surface area contributed by atoms with E-state index < -0.39 is 30.7 Å². The standard InChI is InChI=1S/C20H20O9/c21-10-3-1-9(2-4-10)19-16(29-20-18(26)17(25)14(24)8-27-20)7-12-13(23)5-11(22)6-15(12)28-19/h1-7,14,17-26H,8H2/p+1/t14-,17?,18?,19?,20+/m1/s1.